The van der Waals surface area contributed by atoms with Crippen LogP contribution < -0.4 is 5.32 Å². The van der Waals surface area contributed by atoms with E-state index in [1.165, 1.54) is 17.3 Å². The summed E-state index contributed by atoms with van der Waals surface area (Å²) >= 11 is 1.33. The number of hydrogen-bond donors (Lipinski definition) is 1. The molecule has 174 valence electrons. The molecule has 1 atom stereocenters. The van der Waals surface area contributed by atoms with Gasteiger partial charge in [-0.2, -0.15) is 0 Å². The van der Waals surface area contributed by atoms with Crippen LogP contribution in [-0.4, -0.2) is 32.1 Å². The first-order chi connectivity index (χ1) is 16.4. The van der Waals surface area contributed by atoms with Crippen LogP contribution in [0.5, 0.6) is 0 Å². The monoisotopic (exact) mass is 472 g/mol. The summed E-state index contributed by atoms with van der Waals surface area (Å²) in [6.07, 6.45) is 2.73. The van der Waals surface area contributed by atoms with Crippen LogP contribution in [0.25, 0.3) is 0 Å². The number of thioether (sulfide) groups is 1. The highest BCUT2D eigenvalue weighted by atomic mass is 32.2. The molecule has 0 radical (unpaired) electrons. The van der Waals surface area contributed by atoms with Crippen molar-refractivity contribution in [3.05, 3.63) is 89.2 Å². The fourth-order valence-corrected chi connectivity index (χ4v) is 4.84. The number of aromatic nitrogens is 1. The molecule has 0 saturated carbocycles. The van der Waals surface area contributed by atoms with E-state index in [9.17, 15) is 9.59 Å². The minimum atomic E-state index is -0.539. The van der Waals surface area contributed by atoms with Gasteiger partial charge in [0.15, 0.2) is 5.17 Å². The second-order valence-corrected chi connectivity index (χ2v) is 9.51. The first kappa shape index (κ1) is 23.7. The Morgan fingerprint density at radius 1 is 1.12 bits per heavy atom. The van der Waals surface area contributed by atoms with E-state index >= 15 is 0 Å². The normalized spacial score (nSPS) is 16.8. The van der Waals surface area contributed by atoms with Crippen LogP contribution in [0, 0.1) is 13.8 Å². The van der Waals surface area contributed by atoms with Gasteiger partial charge in [0.05, 0.1) is 17.9 Å². The maximum atomic E-state index is 13.3. The van der Waals surface area contributed by atoms with Crippen LogP contribution in [0.15, 0.2) is 71.9 Å². The van der Waals surface area contributed by atoms with Crippen LogP contribution in [-0.2, 0) is 22.6 Å². The van der Waals surface area contributed by atoms with Crippen molar-refractivity contribution in [1.29, 1.82) is 0 Å². The summed E-state index contributed by atoms with van der Waals surface area (Å²) in [6.45, 7) is 6.35. The topological polar surface area (TPSA) is 74.7 Å². The fraction of sp³-hybridized carbons (Fsp3) is 0.259. The highest BCUT2D eigenvalue weighted by molar-refractivity contribution is 8.15. The van der Waals surface area contributed by atoms with Gasteiger partial charge >= 0.3 is 0 Å². The predicted octanol–water partition coefficient (Wildman–Crippen LogP) is 5.42. The van der Waals surface area contributed by atoms with Gasteiger partial charge in [-0.15, -0.1) is 0 Å². The summed E-state index contributed by atoms with van der Waals surface area (Å²) in [5.74, 6) is -0.318. The Hall–Kier alpha value is -3.45. The third kappa shape index (κ3) is 5.72. The zero-order chi connectivity index (χ0) is 24.1. The van der Waals surface area contributed by atoms with Crippen molar-refractivity contribution in [2.24, 2.45) is 4.99 Å². The van der Waals surface area contributed by atoms with Crippen LogP contribution in [0.4, 0.5) is 11.4 Å². The molecule has 0 aliphatic carbocycles. The van der Waals surface area contributed by atoms with E-state index in [2.05, 4.69) is 17.2 Å². The van der Waals surface area contributed by atoms with Crippen LogP contribution in [0.3, 0.4) is 0 Å². The molecule has 7 heteroatoms. The number of amidine groups is 1. The molecule has 4 rings (SSSR count). The Balaban J connectivity index is 1.55. The summed E-state index contributed by atoms with van der Waals surface area (Å²) in [5.41, 5.74) is 5.60. The number of benzene rings is 2. The lowest BCUT2D eigenvalue weighted by Gasteiger charge is -2.16. The smallest absolute Gasteiger partial charge is 0.243 e. The first-order valence-corrected chi connectivity index (χ1v) is 12.2. The number of nitrogens with zero attached hydrogens (tertiary/aromatic N) is 3. The van der Waals surface area contributed by atoms with E-state index in [0.717, 1.165) is 34.6 Å². The molecule has 1 fully saturated rings. The number of pyridine rings is 1. The summed E-state index contributed by atoms with van der Waals surface area (Å²) in [5, 5.41) is 3.01. The third-order valence-corrected chi connectivity index (χ3v) is 6.85. The van der Waals surface area contributed by atoms with Gasteiger partial charge in [0.1, 0.15) is 5.25 Å². The number of aliphatic imine (C=N–C) groups is 1. The molecule has 1 unspecified atom stereocenters. The van der Waals surface area contributed by atoms with Crippen molar-refractivity contribution in [1.82, 2.24) is 9.88 Å². The third-order valence-electron chi connectivity index (χ3n) is 5.67. The van der Waals surface area contributed by atoms with Crippen molar-refractivity contribution in [2.75, 3.05) is 5.32 Å². The Morgan fingerprint density at radius 2 is 1.91 bits per heavy atom. The molecule has 34 heavy (non-hydrogen) atoms. The van der Waals surface area contributed by atoms with Gasteiger partial charge in [0, 0.05) is 18.3 Å². The molecule has 2 amide bonds. The standard InChI is InChI=1S/C27H28N4O2S/c1-4-20-10-12-21(13-11-20)29-27-31(17-22-7-5-6-14-28-22)26(33)24(34-27)16-25(32)30-23-15-18(2)8-9-19(23)3/h5-15,24H,4,16-17H2,1-3H3,(H,30,32). The lowest BCUT2D eigenvalue weighted by molar-refractivity contribution is -0.128. The average molecular weight is 473 g/mol. The minimum Gasteiger partial charge on any atom is -0.326 e. The largest absolute Gasteiger partial charge is 0.326 e. The summed E-state index contributed by atoms with van der Waals surface area (Å²) in [7, 11) is 0. The van der Waals surface area contributed by atoms with Gasteiger partial charge in [-0.1, -0.05) is 49.0 Å². The molecule has 1 N–H and O–H groups in total. The molecule has 2 aromatic carbocycles. The van der Waals surface area contributed by atoms with Crippen molar-refractivity contribution >= 4 is 40.1 Å². The van der Waals surface area contributed by atoms with Crippen LogP contribution in [0.1, 0.15) is 35.7 Å². The maximum absolute atomic E-state index is 13.3. The molecule has 1 aromatic heterocycles. The lowest BCUT2D eigenvalue weighted by Crippen LogP contribution is -2.33. The number of hydrogen-bond acceptors (Lipinski definition) is 5. The van der Waals surface area contributed by atoms with Gasteiger partial charge < -0.3 is 5.32 Å². The molecule has 2 heterocycles. The molecule has 1 aliphatic rings. The van der Waals surface area contributed by atoms with E-state index < -0.39 is 5.25 Å². The highest BCUT2D eigenvalue weighted by Gasteiger charge is 2.39. The molecule has 1 saturated heterocycles. The van der Waals surface area contributed by atoms with Crippen molar-refractivity contribution in [3.63, 3.8) is 0 Å². The van der Waals surface area contributed by atoms with Gasteiger partial charge in [0.25, 0.3) is 0 Å². The van der Waals surface area contributed by atoms with E-state index in [1.807, 2.05) is 74.5 Å². The number of rotatable bonds is 7. The number of anilines is 1. The zero-order valence-corrected chi connectivity index (χ0v) is 20.4. The van der Waals surface area contributed by atoms with Crippen molar-refractivity contribution in [2.45, 2.75) is 45.4 Å². The van der Waals surface area contributed by atoms with Crippen LogP contribution in [0.2, 0.25) is 0 Å². The molecule has 1 aliphatic heterocycles. The zero-order valence-electron chi connectivity index (χ0n) is 19.6. The first-order valence-electron chi connectivity index (χ1n) is 11.4. The number of nitrogens with one attached hydrogen (secondary N) is 1. The second kappa shape index (κ2) is 10.7. The maximum Gasteiger partial charge on any atom is 0.243 e. The van der Waals surface area contributed by atoms with Gasteiger partial charge in [-0.05, 0) is 67.3 Å². The Morgan fingerprint density at radius 3 is 2.62 bits per heavy atom. The average Bonchev–Trinajstić information content (AvgIpc) is 3.11. The number of carbonyl (C=O) groups excluding carboxylic acids is 2. The Bertz CT molecular complexity index is 1210. The summed E-state index contributed by atoms with van der Waals surface area (Å²) in [6, 6.07) is 19.5. The van der Waals surface area contributed by atoms with Gasteiger partial charge in [0.2, 0.25) is 11.8 Å². The van der Waals surface area contributed by atoms with E-state index in [1.54, 1.807) is 11.1 Å². The van der Waals surface area contributed by atoms with Crippen LogP contribution >= 0.6 is 11.8 Å². The molecule has 6 nitrogen and oxygen atoms in total. The van der Waals surface area contributed by atoms with Gasteiger partial charge in [-0.25, -0.2) is 4.99 Å². The Labute approximate surface area is 204 Å². The lowest BCUT2D eigenvalue weighted by atomic mass is 10.1. The minimum absolute atomic E-state index is 0.0728. The fourth-order valence-electron chi connectivity index (χ4n) is 3.68. The molecular weight excluding hydrogens is 444 g/mol. The SMILES string of the molecule is CCc1ccc(N=C2SC(CC(=O)Nc3cc(C)ccc3C)C(=O)N2Cc2ccccn2)cc1. The second-order valence-electron chi connectivity index (χ2n) is 8.34. The molecule has 3 aromatic rings. The highest BCUT2D eigenvalue weighted by Crippen LogP contribution is 2.33. The molecular formula is C27H28N4O2S. The summed E-state index contributed by atoms with van der Waals surface area (Å²) < 4.78 is 0. The Kier molecular flexibility index (Phi) is 7.43. The van der Waals surface area contributed by atoms with Gasteiger partial charge in [-0.3, -0.25) is 19.5 Å². The van der Waals surface area contributed by atoms with E-state index in [0.29, 0.717) is 11.7 Å². The molecule has 0 spiro atoms. The van der Waals surface area contributed by atoms with E-state index in [4.69, 9.17) is 4.99 Å². The quantitative estimate of drug-likeness (QED) is 0.498. The van der Waals surface area contributed by atoms with E-state index in [-0.39, 0.29) is 18.2 Å². The number of carbonyl (C=O) groups is 2. The summed E-state index contributed by atoms with van der Waals surface area (Å²) in [4.78, 5) is 36.9. The van der Waals surface area contributed by atoms with Crippen molar-refractivity contribution < 1.29 is 9.59 Å². The number of aryl methyl sites for hydroxylation is 3. The van der Waals surface area contributed by atoms with Crippen molar-refractivity contribution in [3.8, 4) is 0 Å². The number of amides is 2. The predicted molar refractivity (Wildman–Crippen MR) is 138 cm³/mol. The molecule has 0 bridgehead atoms.